The van der Waals surface area contributed by atoms with Crippen molar-refractivity contribution < 1.29 is 4.74 Å². The van der Waals surface area contributed by atoms with E-state index in [9.17, 15) is 0 Å². The Bertz CT molecular complexity index is 495. The number of nitrogen functional groups attached to an aromatic ring is 1. The van der Waals surface area contributed by atoms with Crippen LogP contribution in [-0.4, -0.2) is 29.7 Å². The summed E-state index contributed by atoms with van der Waals surface area (Å²) in [5.41, 5.74) is 8.34. The van der Waals surface area contributed by atoms with E-state index in [-0.39, 0.29) is 0 Å². The average Bonchev–Trinajstić information content (AvgIpc) is 2.75. The van der Waals surface area contributed by atoms with Crippen molar-refractivity contribution in [1.82, 2.24) is 9.97 Å². The molecule has 0 saturated heterocycles. The molecule has 2 rings (SSSR count). The number of aromatic nitrogens is 2. The molecule has 0 atom stereocenters. The fourth-order valence-corrected chi connectivity index (χ4v) is 1.74. The first kappa shape index (κ1) is 12.7. The van der Waals surface area contributed by atoms with Gasteiger partial charge in [0.1, 0.15) is 0 Å². The van der Waals surface area contributed by atoms with Crippen LogP contribution < -0.4 is 11.1 Å². The second-order valence-corrected chi connectivity index (χ2v) is 4.25. The van der Waals surface area contributed by atoms with E-state index in [0.29, 0.717) is 0 Å². The van der Waals surface area contributed by atoms with Crippen molar-refractivity contribution in [3.8, 4) is 0 Å². The van der Waals surface area contributed by atoms with Crippen molar-refractivity contribution in [2.75, 3.05) is 30.8 Å². The molecule has 0 saturated carbocycles. The predicted octanol–water partition coefficient (Wildman–Crippen LogP) is 2.37. The average molecular weight is 248 g/mol. The van der Waals surface area contributed by atoms with Gasteiger partial charge in [0.2, 0.25) is 5.95 Å². The molecule has 4 N–H and O–H groups in total. The molecule has 0 unspecified atom stereocenters. The third-order valence-electron chi connectivity index (χ3n) is 2.61. The van der Waals surface area contributed by atoms with Crippen molar-refractivity contribution >= 4 is 22.7 Å². The zero-order valence-corrected chi connectivity index (χ0v) is 10.7. The van der Waals surface area contributed by atoms with Gasteiger partial charge in [0.25, 0.3) is 0 Å². The molecule has 1 aromatic carbocycles. The molecule has 0 spiro atoms. The third kappa shape index (κ3) is 3.37. The molecule has 18 heavy (non-hydrogen) atoms. The minimum absolute atomic E-state index is 0.741. The van der Waals surface area contributed by atoms with Crippen LogP contribution in [0.25, 0.3) is 11.0 Å². The lowest BCUT2D eigenvalue weighted by atomic mass is 10.3. The van der Waals surface area contributed by atoms with E-state index in [1.54, 1.807) is 0 Å². The highest BCUT2D eigenvalue weighted by Crippen LogP contribution is 2.16. The number of H-pyrrole nitrogens is 1. The Balaban J connectivity index is 1.81. The number of hydrogen-bond donors (Lipinski definition) is 3. The first-order chi connectivity index (χ1) is 8.79. The fourth-order valence-electron chi connectivity index (χ4n) is 1.74. The predicted molar refractivity (Wildman–Crippen MR) is 74.7 cm³/mol. The Hall–Kier alpha value is -1.75. The van der Waals surface area contributed by atoms with Crippen LogP contribution in [0.5, 0.6) is 0 Å². The summed E-state index contributed by atoms with van der Waals surface area (Å²) in [4.78, 5) is 7.62. The van der Waals surface area contributed by atoms with Crippen LogP contribution in [-0.2, 0) is 4.74 Å². The van der Waals surface area contributed by atoms with Gasteiger partial charge >= 0.3 is 0 Å². The molecular formula is C13H20N4O. The van der Waals surface area contributed by atoms with E-state index >= 15 is 0 Å². The number of nitrogens with zero attached hydrogens (tertiary/aromatic N) is 1. The third-order valence-corrected chi connectivity index (χ3v) is 2.61. The molecule has 5 heteroatoms. The quantitative estimate of drug-likeness (QED) is 0.519. The monoisotopic (exact) mass is 248 g/mol. The van der Waals surface area contributed by atoms with E-state index in [1.807, 2.05) is 18.2 Å². The van der Waals surface area contributed by atoms with Crippen molar-refractivity contribution in [2.45, 2.75) is 19.8 Å². The Morgan fingerprint density at radius 3 is 3.11 bits per heavy atom. The summed E-state index contributed by atoms with van der Waals surface area (Å²) in [6.07, 6.45) is 2.04. The normalized spacial score (nSPS) is 10.9. The molecule has 98 valence electrons. The SMILES string of the molecule is CCCOCCCNc1nc2ccc(N)cc2[nH]1. The van der Waals surface area contributed by atoms with Gasteiger partial charge in [-0.1, -0.05) is 6.92 Å². The molecule has 5 nitrogen and oxygen atoms in total. The van der Waals surface area contributed by atoms with Gasteiger partial charge in [0.15, 0.2) is 0 Å². The Kier molecular flexibility index (Phi) is 4.41. The number of aromatic amines is 1. The summed E-state index contributed by atoms with van der Waals surface area (Å²) in [5.74, 6) is 0.783. The molecule has 0 radical (unpaired) electrons. The van der Waals surface area contributed by atoms with Crippen LogP contribution in [0.2, 0.25) is 0 Å². The standard InChI is InChI=1S/C13H20N4O/c1-2-7-18-8-3-6-15-13-16-11-5-4-10(14)9-12(11)17-13/h4-5,9H,2-3,6-8,14H2,1H3,(H2,15,16,17). The smallest absolute Gasteiger partial charge is 0.201 e. The number of imidazole rings is 1. The first-order valence-electron chi connectivity index (χ1n) is 6.36. The number of rotatable bonds is 7. The number of fused-ring (bicyclic) bond motifs is 1. The van der Waals surface area contributed by atoms with E-state index in [0.717, 1.165) is 55.3 Å². The van der Waals surface area contributed by atoms with Crippen LogP contribution in [0.1, 0.15) is 19.8 Å². The second-order valence-electron chi connectivity index (χ2n) is 4.25. The lowest BCUT2D eigenvalue weighted by molar-refractivity contribution is 0.134. The van der Waals surface area contributed by atoms with Crippen molar-refractivity contribution in [3.63, 3.8) is 0 Å². The summed E-state index contributed by atoms with van der Waals surface area (Å²) in [7, 11) is 0. The molecule has 0 aliphatic heterocycles. The number of hydrogen-bond acceptors (Lipinski definition) is 4. The number of nitrogens with one attached hydrogen (secondary N) is 2. The van der Waals surface area contributed by atoms with E-state index < -0.39 is 0 Å². The minimum atomic E-state index is 0.741. The van der Waals surface area contributed by atoms with Crippen LogP contribution in [0, 0.1) is 0 Å². The van der Waals surface area contributed by atoms with E-state index in [4.69, 9.17) is 10.5 Å². The van der Waals surface area contributed by atoms with Gasteiger partial charge in [-0.05, 0) is 31.0 Å². The highest BCUT2D eigenvalue weighted by atomic mass is 16.5. The molecule has 0 aliphatic carbocycles. The summed E-state index contributed by atoms with van der Waals surface area (Å²) in [6.45, 7) is 4.58. The van der Waals surface area contributed by atoms with Crippen LogP contribution in [0.3, 0.4) is 0 Å². The van der Waals surface area contributed by atoms with E-state index in [2.05, 4.69) is 22.2 Å². The maximum Gasteiger partial charge on any atom is 0.201 e. The minimum Gasteiger partial charge on any atom is -0.399 e. The fraction of sp³-hybridized carbons (Fsp3) is 0.462. The molecule has 0 bridgehead atoms. The Morgan fingerprint density at radius 2 is 2.28 bits per heavy atom. The number of ether oxygens (including phenoxy) is 1. The van der Waals surface area contributed by atoms with Gasteiger partial charge in [-0.15, -0.1) is 0 Å². The maximum atomic E-state index is 5.72. The van der Waals surface area contributed by atoms with Gasteiger partial charge in [-0.2, -0.15) is 0 Å². The van der Waals surface area contributed by atoms with Gasteiger partial charge < -0.3 is 20.8 Å². The summed E-state index contributed by atoms with van der Waals surface area (Å²) < 4.78 is 5.41. The molecule has 0 amide bonds. The first-order valence-corrected chi connectivity index (χ1v) is 6.36. The summed E-state index contributed by atoms with van der Waals surface area (Å²) in [6, 6.07) is 5.65. The highest BCUT2D eigenvalue weighted by molar-refractivity contribution is 5.80. The molecule has 0 aliphatic rings. The van der Waals surface area contributed by atoms with Crippen molar-refractivity contribution in [2.24, 2.45) is 0 Å². The number of nitrogens with two attached hydrogens (primary N) is 1. The molecule has 0 fully saturated rings. The Labute approximate surface area is 107 Å². The van der Waals surface area contributed by atoms with Crippen LogP contribution in [0.4, 0.5) is 11.6 Å². The van der Waals surface area contributed by atoms with Gasteiger partial charge in [-0.25, -0.2) is 4.98 Å². The topological polar surface area (TPSA) is 76.0 Å². The largest absolute Gasteiger partial charge is 0.399 e. The van der Waals surface area contributed by atoms with Crippen molar-refractivity contribution in [3.05, 3.63) is 18.2 Å². The number of anilines is 2. The van der Waals surface area contributed by atoms with Crippen LogP contribution >= 0.6 is 0 Å². The number of benzene rings is 1. The lowest BCUT2D eigenvalue weighted by Gasteiger charge is -2.03. The Morgan fingerprint density at radius 1 is 1.39 bits per heavy atom. The van der Waals surface area contributed by atoms with Gasteiger partial charge in [0, 0.05) is 25.4 Å². The van der Waals surface area contributed by atoms with E-state index in [1.165, 1.54) is 0 Å². The molecule has 1 heterocycles. The summed E-state index contributed by atoms with van der Waals surface area (Å²) >= 11 is 0. The highest BCUT2D eigenvalue weighted by Gasteiger charge is 2.01. The van der Waals surface area contributed by atoms with Crippen molar-refractivity contribution in [1.29, 1.82) is 0 Å². The molecule has 1 aromatic heterocycles. The lowest BCUT2D eigenvalue weighted by Crippen LogP contribution is -2.07. The zero-order chi connectivity index (χ0) is 12.8. The zero-order valence-electron chi connectivity index (χ0n) is 10.7. The summed E-state index contributed by atoms with van der Waals surface area (Å²) in [5, 5.41) is 3.24. The molecular weight excluding hydrogens is 228 g/mol. The molecule has 2 aromatic rings. The maximum absolute atomic E-state index is 5.72. The van der Waals surface area contributed by atoms with Gasteiger partial charge in [-0.3, -0.25) is 0 Å². The van der Waals surface area contributed by atoms with Crippen LogP contribution in [0.15, 0.2) is 18.2 Å². The van der Waals surface area contributed by atoms with Gasteiger partial charge in [0.05, 0.1) is 11.0 Å². The second kappa shape index (κ2) is 6.26.